The SMILES string of the molecule is CC(C)=NO/C(C)=C/N1CCC(N2CCCC2)CC1. The maximum absolute atomic E-state index is 5.33. The summed E-state index contributed by atoms with van der Waals surface area (Å²) in [4.78, 5) is 10.4. The van der Waals surface area contributed by atoms with Gasteiger partial charge in [0.2, 0.25) is 0 Å². The first-order valence-electron chi connectivity index (χ1n) is 7.50. The molecule has 0 aromatic rings. The Morgan fingerprint density at radius 1 is 1.05 bits per heavy atom. The van der Waals surface area contributed by atoms with Gasteiger partial charge in [-0.15, -0.1) is 0 Å². The zero-order valence-corrected chi connectivity index (χ0v) is 12.6. The van der Waals surface area contributed by atoms with Crippen LogP contribution in [0.4, 0.5) is 0 Å². The molecule has 0 N–H and O–H groups in total. The van der Waals surface area contributed by atoms with Crippen LogP contribution in [0.25, 0.3) is 0 Å². The quantitative estimate of drug-likeness (QED) is 0.444. The van der Waals surface area contributed by atoms with Crippen LogP contribution in [0.5, 0.6) is 0 Å². The van der Waals surface area contributed by atoms with Crippen molar-refractivity contribution in [2.24, 2.45) is 5.16 Å². The summed E-state index contributed by atoms with van der Waals surface area (Å²) in [5.74, 6) is 0.876. The van der Waals surface area contributed by atoms with E-state index >= 15 is 0 Å². The van der Waals surface area contributed by atoms with Crippen molar-refractivity contribution in [3.63, 3.8) is 0 Å². The second-order valence-corrected chi connectivity index (χ2v) is 5.88. The smallest absolute Gasteiger partial charge is 0.147 e. The van der Waals surface area contributed by atoms with Gasteiger partial charge < -0.3 is 14.6 Å². The van der Waals surface area contributed by atoms with Crippen molar-refractivity contribution in [1.29, 1.82) is 0 Å². The minimum Gasteiger partial charge on any atom is -0.374 e. The van der Waals surface area contributed by atoms with Crippen LogP contribution in [-0.2, 0) is 4.84 Å². The van der Waals surface area contributed by atoms with Gasteiger partial charge in [-0.1, -0.05) is 5.16 Å². The molecule has 0 aromatic carbocycles. The van der Waals surface area contributed by atoms with Gasteiger partial charge in [-0.25, -0.2) is 0 Å². The summed E-state index contributed by atoms with van der Waals surface area (Å²) in [7, 11) is 0. The van der Waals surface area contributed by atoms with E-state index in [1.54, 1.807) is 0 Å². The third-order valence-corrected chi connectivity index (χ3v) is 3.89. The van der Waals surface area contributed by atoms with Crippen molar-refractivity contribution in [1.82, 2.24) is 9.80 Å². The maximum Gasteiger partial charge on any atom is 0.147 e. The Balaban J connectivity index is 1.76. The number of nitrogens with zero attached hydrogens (tertiary/aromatic N) is 3. The molecule has 0 radical (unpaired) electrons. The van der Waals surface area contributed by atoms with Gasteiger partial charge in [0, 0.05) is 25.3 Å². The van der Waals surface area contributed by atoms with Crippen molar-refractivity contribution >= 4 is 5.71 Å². The number of piperidine rings is 1. The predicted octanol–water partition coefficient (Wildman–Crippen LogP) is 2.82. The fourth-order valence-corrected chi connectivity index (χ4v) is 2.93. The first-order chi connectivity index (χ1) is 9.15. The van der Waals surface area contributed by atoms with Gasteiger partial charge >= 0.3 is 0 Å². The van der Waals surface area contributed by atoms with Gasteiger partial charge in [0.05, 0.1) is 5.71 Å². The van der Waals surface area contributed by atoms with Gasteiger partial charge in [0.15, 0.2) is 0 Å². The van der Waals surface area contributed by atoms with Gasteiger partial charge in [0.1, 0.15) is 5.76 Å². The lowest BCUT2D eigenvalue weighted by atomic mass is 10.0. The molecule has 0 atom stereocenters. The Bertz CT molecular complexity index is 333. The summed E-state index contributed by atoms with van der Waals surface area (Å²) >= 11 is 0. The van der Waals surface area contributed by atoms with Crippen LogP contribution in [0.3, 0.4) is 0 Å². The average Bonchev–Trinajstić information content (AvgIpc) is 2.91. The molecule has 108 valence electrons. The van der Waals surface area contributed by atoms with E-state index in [1.807, 2.05) is 20.8 Å². The van der Waals surface area contributed by atoms with Gasteiger partial charge in [-0.3, -0.25) is 0 Å². The van der Waals surface area contributed by atoms with Crippen LogP contribution in [0, 0.1) is 0 Å². The molecule has 0 spiro atoms. The zero-order chi connectivity index (χ0) is 13.7. The third kappa shape index (κ3) is 4.53. The summed E-state index contributed by atoms with van der Waals surface area (Å²) in [5.41, 5.74) is 0.945. The number of rotatable bonds is 4. The minimum atomic E-state index is 0.810. The lowest BCUT2D eigenvalue weighted by molar-refractivity contribution is 0.147. The second-order valence-electron chi connectivity index (χ2n) is 5.88. The fourth-order valence-electron chi connectivity index (χ4n) is 2.93. The lowest BCUT2D eigenvalue weighted by Crippen LogP contribution is -2.42. The molecule has 0 bridgehead atoms. The normalized spacial score (nSPS) is 22.7. The zero-order valence-electron chi connectivity index (χ0n) is 12.6. The molecular weight excluding hydrogens is 238 g/mol. The summed E-state index contributed by atoms with van der Waals surface area (Å²) in [6, 6.07) is 0.810. The van der Waals surface area contributed by atoms with E-state index in [9.17, 15) is 0 Å². The molecule has 4 nitrogen and oxygen atoms in total. The summed E-state index contributed by atoms with van der Waals surface area (Å²) < 4.78 is 0. The van der Waals surface area contributed by atoms with Crippen LogP contribution in [-0.4, -0.2) is 47.7 Å². The van der Waals surface area contributed by atoms with E-state index in [-0.39, 0.29) is 0 Å². The van der Waals surface area contributed by atoms with Crippen LogP contribution < -0.4 is 0 Å². The highest BCUT2D eigenvalue weighted by Gasteiger charge is 2.25. The molecule has 0 amide bonds. The minimum absolute atomic E-state index is 0.810. The topological polar surface area (TPSA) is 28.1 Å². The number of allylic oxidation sites excluding steroid dienone is 1. The molecule has 0 saturated carbocycles. The highest BCUT2D eigenvalue weighted by Crippen LogP contribution is 2.21. The average molecular weight is 265 g/mol. The second kappa shape index (κ2) is 6.94. The first-order valence-corrected chi connectivity index (χ1v) is 7.50. The van der Waals surface area contributed by atoms with Crippen molar-refractivity contribution < 1.29 is 4.84 Å². The molecule has 2 fully saturated rings. The first kappa shape index (κ1) is 14.4. The Kier molecular flexibility index (Phi) is 5.25. The lowest BCUT2D eigenvalue weighted by Gasteiger charge is -2.36. The van der Waals surface area contributed by atoms with Gasteiger partial charge in [-0.2, -0.15) is 0 Å². The summed E-state index contributed by atoms with van der Waals surface area (Å²) in [6.07, 6.45) is 7.44. The van der Waals surface area contributed by atoms with Crippen LogP contribution in [0.15, 0.2) is 17.1 Å². The monoisotopic (exact) mass is 265 g/mol. The molecule has 2 saturated heterocycles. The molecule has 0 aromatic heterocycles. The Morgan fingerprint density at radius 3 is 2.26 bits per heavy atom. The summed E-state index contributed by atoms with van der Waals surface area (Å²) in [6.45, 7) is 10.7. The van der Waals surface area contributed by atoms with E-state index in [4.69, 9.17) is 4.84 Å². The third-order valence-electron chi connectivity index (χ3n) is 3.89. The van der Waals surface area contributed by atoms with Crippen molar-refractivity contribution in [2.45, 2.75) is 52.5 Å². The van der Waals surface area contributed by atoms with E-state index in [1.165, 1.54) is 38.8 Å². The number of likely N-dealkylation sites (tertiary alicyclic amines) is 2. The molecule has 4 heteroatoms. The van der Waals surface area contributed by atoms with Gasteiger partial charge in [0.25, 0.3) is 0 Å². The predicted molar refractivity (Wildman–Crippen MR) is 79.0 cm³/mol. The van der Waals surface area contributed by atoms with E-state index in [2.05, 4.69) is 21.2 Å². The van der Waals surface area contributed by atoms with Gasteiger partial charge in [-0.05, 0) is 59.5 Å². The standard InChI is InChI=1S/C15H27N3O/c1-13(2)16-19-14(3)12-17-10-6-15(7-11-17)18-8-4-5-9-18/h12,15H,4-11H2,1-3H3/b14-12+. The molecule has 2 rings (SSSR count). The number of oxime groups is 1. The van der Waals surface area contributed by atoms with Crippen molar-refractivity contribution in [3.05, 3.63) is 12.0 Å². The van der Waals surface area contributed by atoms with Crippen molar-refractivity contribution in [2.75, 3.05) is 26.2 Å². The highest BCUT2D eigenvalue weighted by molar-refractivity contribution is 5.78. The van der Waals surface area contributed by atoms with Crippen molar-refractivity contribution in [3.8, 4) is 0 Å². The van der Waals surface area contributed by atoms with Crippen LogP contribution in [0.1, 0.15) is 46.5 Å². The van der Waals surface area contributed by atoms with Crippen LogP contribution in [0.2, 0.25) is 0 Å². The molecular formula is C15H27N3O. The molecule has 0 aliphatic carbocycles. The molecule has 2 aliphatic rings. The Morgan fingerprint density at radius 2 is 1.68 bits per heavy atom. The van der Waals surface area contributed by atoms with E-state index in [0.29, 0.717) is 0 Å². The maximum atomic E-state index is 5.33. The molecule has 2 heterocycles. The Hall–Kier alpha value is -1.03. The number of hydrogen-bond acceptors (Lipinski definition) is 4. The number of hydrogen-bond donors (Lipinski definition) is 0. The summed E-state index contributed by atoms with van der Waals surface area (Å²) in [5, 5.41) is 3.98. The molecule has 0 unspecified atom stereocenters. The Labute approximate surface area is 117 Å². The van der Waals surface area contributed by atoms with E-state index < -0.39 is 0 Å². The largest absolute Gasteiger partial charge is 0.374 e. The van der Waals surface area contributed by atoms with Crippen LogP contribution >= 0.6 is 0 Å². The molecule has 2 aliphatic heterocycles. The fraction of sp³-hybridized carbons (Fsp3) is 0.800. The highest BCUT2D eigenvalue weighted by atomic mass is 16.6. The van der Waals surface area contributed by atoms with E-state index in [0.717, 1.165) is 30.6 Å². The molecule has 19 heavy (non-hydrogen) atoms.